The Balaban J connectivity index is 1.78. The molecule has 4 heteroatoms. The highest BCUT2D eigenvalue weighted by Crippen LogP contribution is 2.22. The van der Waals surface area contributed by atoms with Crippen molar-refractivity contribution in [2.75, 3.05) is 31.6 Å². The molecular formula is C15H20N2O2. The van der Waals surface area contributed by atoms with Crippen molar-refractivity contribution in [2.24, 2.45) is 0 Å². The van der Waals surface area contributed by atoms with E-state index < -0.39 is 0 Å². The summed E-state index contributed by atoms with van der Waals surface area (Å²) in [5, 5.41) is 6.13. The summed E-state index contributed by atoms with van der Waals surface area (Å²) >= 11 is 0. The number of carbonyl (C=O) groups excluding carboxylic acids is 1. The maximum Gasteiger partial charge on any atom is 0.251 e. The van der Waals surface area contributed by atoms with E-state index in [4.69, 9.17) is 4.74 Å². The lowest BCUT2D eigenvalue weighted by Gasteiger charge is -2.07. The number of nitrogens with one attached hydrogen (secondary N) is 2. The third-order valence-corrected chi connectivity index (χ3v) is 2.96. The minimum Gasteiger partial charge on any atom is -0.384 e. The number of rotatable bonds is 6. The van der Waals surface area contributed by atoms with Crippen LogP contribution in [0.15, 0.2) is 30.4 Å². The van der Waals surface area contributed by atoms with E-state index in [0.717, 1.165) is 24.2 Å². The largest absolute Gasteiger partial charge is 0.384 e. The fourth-order valence-electron chi connectivity index (χ4n) is 2.03. The first-order chi connectivity index (χ1) is 9.16. The van der Waals surface area contributed by atoms with Gasteiger partial charge in [0, 0.05) is 24.3 Å². The average molecular weight is 260 g/mol. The van der Waals surface area contributed by atoms with Crippen molar-refractivity contribution in [1.29, 1.82) is 0 Å². The lowest BCUT2D eigenvalue weighted by Crippen LogP contribution is -2.27. The second-order valence-corrected chi connectivity index (χ2v) is 4.81. The Morgan fingerprint density at radius 2 is 2.37 bits per heavy atom. The van der Waals surface area contributed by atoms with Gasteiger partial charge in [-0.3, -0.25) is 4.79 Å². The molecule has 0 aliphatic carbocycles. The molecule has 2 rings (SSSR count). The van der Waals surface area contributed by atoms with Gasteiger partial charge >= 0.3 is 0 Å². The molecule has 1 amide bonds. The van der Waals surface area contributed by atoms with Crippen molar-refractivity contribution >= 4 is 11.6 Å². The number of hydrogen-bond donors (Lipinski definition) is 2. The Hall–Kier alpha value is -1.81. The molecule has 2 N–H and O–H groups in total. The fourth-order valence-corrected chi connectivity index (χ4v) is 2.03. The van der Waals surface area contributed by atoms with E-state index in [1.165, 1.54) is 5.56 Å². The van der Waals surface area contributed by atoms with E-state index in [0.29, 0.717) is 25.3 Å². The van der Waals surface area contributed by atoms with Gasteiger partial charge < -0.3 is 15.4 Å². The molecule has 0 atom stereocenters. The van der Waals surface area contributed by atoms with Gasteiger partial charge in [0.2, 0.25) is 0 Å². The van der Waals surface area contributed by atoms with E-state index in [9.17, 15) is 4.79 Å². The maximum atomic E-state index is 11.9. The summed E-state index contributed by atoms with van der Waals surface area (Å²) in [5.74, 6) is -0.0476. The Morgan fingerprint density at radius 3 is 3.16 bits per heavy atom. The van der Waals surface area contributed by atoms with Gasteiger partial charge in [-0.2, -0.15) is 0 Å². The molecule has 1 aromatic carbocycles. The SMILES string of the molecule is C=C(C)COCCNC(=O)c1ccc2c(c1)CCN2. The van der Waals surface area contributed by atoms with Crippen LogP contribution in [0.5, 0.6) is 0 Å². The van der Waals surface area contributed by atoms with Crippen molar-refractivity contribution in [3.8, 4) is 0 Å². The number of hydrogen-bond acceptors (Lipinski definition) is 3. The van der Waals surface area contributed by atoms with Gasteiger partial charge in [0.25, 0.3) is 5.91 Å². The predicted molar refractivity (Wildman–Crippen MR) is 76.6 cm³/mol. The van der Waals surface area contributed by atoms with Gasteiger partial charge in [-0.1, -0.05) is 12.2 Å². The summed E-state index contributed by atoms with van der Waals surface area (Å²) in [6.07, 6.45) is 0.984. The summed E-state index contributed by atoms with van der Waals surface area (Å²) in [6.45, 7) is 8.18. The molecule has 1 heterocycles. The Kier molecular flexibility index (Phi) is 4.58. The van der Waals surface area contributed by atoms with Crippen molar-refractivity contribution < 1.29 is 9.53 Å². The number of fused-ring (bicyclic) bond motifs is 1. The normalized spacial score (nSPS) is 12.7. The van der Waals surface area contributed by atoms with E-state index >= 15 is 0 Å². The van der Waals surface area contributed by atoms with Gasteiger partial charge in [0.15, 0.2) is 0 Å². The zero-order chi connectivity index (χ0) is 13.7. The lowest BCUT2D eigenvalue weighted by atomic mass is 10.1. The van der Waals surface area contributed by atoms with Crippen LogP contribution < -0.4 is 10.6 Å². The smallest absolute Gasteiger partial charge is 0.251 e. The quantitative estimate of drug-likeness (QED) is 0.607. The zero-order valence-corrected chi connectivity index (χ0v) is 11.3. The number of amides is 1. The standard InChI is InChI=1S/C15H20N2O2/c1-11(2)10-19-8-7-17-15(18)13-3-4-14-12(9-13)5-6-16-14/h3-4,9,16H,1,5-8,10H2,2H3,(H,17,18). The molecular weight excluding hydrogens is 240 g/mol. The molecule has 1 aliphatic heterocycles. The van der Waals surface area contributed by atoms with Gasteiger partial charge in [0.05, 0.1) is 13.2 Å². The topological polar surface area (TPSA) is 50.4 Å². The second kappa shape index (κ2) is 6.38. The molecule has 0 saturated carbocycles. The molecule has 0 aromatic heterocycles. The van der Waals surface area contributed by atoms with Crippen molar-refractivity contribution in [1.82, 2.24) is 5.32 Å². The van der Waals surface area contributed by atoms with Gasteiger partial charge in [-0.25, -0.2) is 0 Å². The van der Waals surface area contributed by atoms with Crippen LogP contribution in [-0.2, 0) is 11.2 Å². The highest BCUT2D eigenvalue weighted by molar-refractivity contribution is 5.95. The molecule has 4 nitrogen and oxygen atoms in total. The highest BCUT2D eigenvalue weighted by Gasteiger charge is 2.12. The minimum atomic E-state index is -0.0476. The maximum absolute atomic E-state index is 11.9. The van der Waals surface area contributed by atoms with Crippen LogP contribution in [-0.4, -0.2) is 32.2 Å². The first-order valence-corrected chi connectivity index (χ1v) is 6.54. The average Bonchev–Trinajstić information content (AvgIpc) is 2.84. The first kappa shape index (κ1) is 13.6. The van der Waals surface area contributed by atoms with E-state index in [-0.39, 0.29) is 5.91 Å². The fraction of sp³-hybridized carbons (Fsp3) is 0.400. The third kappa shape index (κ3) is 3.83. The van der Waals surface area contributed by atoms with Crippen molar-refractivity contribution in [3.63, 3.8) is 0 Å². The zero-order valence-electron chi connectivity index (χ0n) is 11.3. The van der Waals surface area contributed by atoms with Crippen molar-refractivity contribution in [2.45, 2.75) is 13.3 Å². The lowest BCUT2D eigenvalue weighted by molar-refractivity contribution is 0.0926. The monoisotopic (exact) mass is 260 g/mol. The van der Waals surface area contributed by atoms with Crippen LogP contribution >= 0.6 is 0 Å². The summed E-state index contributed by atoms with van der Waals surface area (Å²) in [6, 6.07) is 5.77. The Bertz CT molecular complexity index is 483. The van der Waals surface area contributed by atoms with Crippen LogP contribution in [0, 0.1) is 0 Å². The van der Waals surface area contributed by atoms with Crippen LogP contribution in [0.3, 0.4) is 0 Å². The molecule has 0 radical (unpaired) electrons. The van der Waals surface area contributed by atoms with E-state index in [1.807, 2.05) is 25.1 Å². The van der Waals surface area contributed by atoms with Gasteiger partial charge in [-0.05, 0) is 37.1 Å². The molecule has 19 heavy (non-hydrogen) atoms. The molecule has 0 unspecified atom stereocenters. The summed E-state index contributed by atoms with van der Waals surface area (Å²) in [5.41, 5.74) is 4.05. The second-order valence-electron chi connectivity index (χ2n) is 4.81. The number of anilines is 1. The van der Waals surface area contributed by atoms with Crippen molar-refractivity contribution in [3.05, 3.63) is 41.5 Å². The summed E-state index contributed by atoms with van der Waals surface area (Å²) < 4.78 is 5.33. The Labute approximate surface area is 113 Å². The van der Waals surface area contributed by atoms with E-state index in [1.54, 1.807) is 0 Å². The highest BCUT2D eigenvalue weighted by atomic mass is 16.5. The molecule has 1 aliphatic rings. The Morgan fingerprint density at radius 1 is 1.53 bits per heavy atom. The number of benzene rings is 1. The van der Waals surface area contributed by atoms with Gasteiger partial charge in [-0.15, -0.1) is 0 Å². The third-order valence-electron chi connectivity index (χ3n) is 2.96. The van der Waals surface area contributed by atoms with E-state index in [2.05, 4.69) is 17.2 Å². The molecule has 102 valence electrons. The number of carbonyl (C=O) groups is 1. The van der Waals surface area contributed by atoms with Crippen LogP contribution in [0.4, 0.5) is 5.69 Å². The molecule has 0 spiro atoms. The predicted octanol–water partition coefficient (Wildman–Crippen LogP) is 1.98. The minimum absolute atomic E-state index is 0.0476. The molecule has 1 aromatic rings. The molecule has 0 bridgehead atoms. The molecule has 0 fully saturated rings. The summed E-state index contributed by atoms with van der Waals surface area (Å²) in [7, 11) is 0. The van der Waals surface area contributed by atoms with Crippen LogP contribution in [0.25, 0.3) is 0 Å². The first-order valence-electron chi connectivity index (χ1n) is 6.54. The molecule has 0 saturated heterocycles. The van der Waals surface area contributed by atoms with Crippen LogP contribution in [0.1, 0.15) is 22.8 Å². The number of ether oxygens (including phenoxy) is 1. The van der Waals surface area contributed by atoms with Gasteiger partial charge in [0.1, 0.15) is 0 Å². The summed E-state index contributed by atoms with van der Waals surface area (Å²) in [4.78, 5) is 11.9. The van der Waals surface area contributed by atoms with Crippen LogP contribution in [0.2, 0.25) is 0 Å².